The summed E-state index contributed by atoms with van der Waals surface area (Å²) in [4.78, 5) is 0.377. The molecule has 0 radical (unpaired) electrons. The van der Waals surface area contributed by atoms with Gasteiger partial charge < -0.3 is 0 Å². The van der Waals surface area contributed by atoms with E-state index in [1.807, 2.05) is 12.0 Å². The summed E-state index contributed by atoms with van der Waals surface area (Å²) in [6.07, 6.45) is 2.20. The number of nitrogens with zero attached hydrogens (tertiary/aromatic N) is 1. The van der Waals surface area contributed by atoms with E-state index in [-0.39, 0.29) is 6.42 Å². The quantitative estimate of drug-likeness (QED) is 0.413. The molecule has 0 spiro atoms. The molecule has 2 aromatic carbocycles. The maximum absolute atomic E-state index is 14.1. The average molecular weight is 383 g/mol. The third kappa shape index (κ3) is 4.25. The van der Waals surface area contributed by atoms with Gasteiger partial charge in [-0.25, -0.2) is 21.8 Å². The summed E-state index contributed by atoms with van der Waals surface area (Å²) in [6, 6.07) is 10.2. The molecule has 138 valence electrons. The van der Waals surface area contributed by atoms with Crippen LogP contribution in [0.1, 0.15) is 30.9 Å². The lowest BCUT2D eigenvalue weighted by Gasteiger charge is -2.08. The van der Waals surface area contributed by atoms with Gasteiger partial charge in [-0.3, -0.25) is 0 Å². The van der Waals surface area contributed by atoms with Gasteiger partial charge in [0.1, 0.15) is 5.56 Å². The van der Waals surface area contributed by atoms with Crippen molar-refractivity contribution in [1.82, 2.24) is 0 Å². The fraction of sp³-hybridized carbons (Fsp3) is 0.263. The van der Waals surface area contributed by atoms with E-state index in [9.17, 15) is 21.8 Å². The van der Waals surface area contributed by atoms with Crippen LogP contribution in [0.3, 0.4) is 0 Å². The Morgan fingerprint density at radius 3 is 2.12 bits per heavy atom. The average Bonchev–Trinajstić information content (AvgIpc) is 2.63. The Hall–Kier alpha value is -2.33. The van der Waals surface area contributed by atoms with Gasteiger partial charge >= 0.3 is 0 Å². The lowest BCUT2D eigenvalue weighted by molar-refractivity contribution is 0.434. The Balaban J connectivity index is 2.48. The zero-order chi connectivity index (χ0) is 19.3. The van der Waals surface area contributed by atoms with Crippen molar-refractivity contribution in [3.05, 3.63) is 64.7 Å². The van der Waals surface area contributed by atoms with E-state index in [1.54, 1.807) is 37.3 Å². The van der Waals surface area contributed by atoms with Crippen LogP contribution >= 0.6 is 0 Å². The molecule has 0 aromatic heterocycles. The second kappa shape index (κ2) is 8.37. The van der Waals surface area contributed by atoms with Crippen LogP contribution in [0.5, 0.6) is 0 Å². The van der Waals surface area contributed by atoms with Crippen molar-refractivity contribution >= 4 is 9.73 Å². The van der Waals surface area contributed by atoms with Crippen molar-refractivity contribution in [1.29, 1.82) is 0 Å². The molecule has 0 amide bonds. The summed E-state index contributed by atoms with van der Waals surface area (Å²) in [7, 11) is -2.93. The van der Waals surface area contributed by atoms with Crippen LogP contribution in [-0.2, 0) is 16.1 Å². The molecule has 0 aliphatic rings. The monoisotopic (exact) mass is 383 g/mol. The predicted molar refractivity (Wildman–Crippen MR) is 93.0 cm³/mol. The first-order chi connectivity index (χ1) is 12.3. The van der Waals surface area contributed by atoms with Gasteiger partial charge in [0, 0.05) is 16.7 Å². The summed E-state index contributed by atoms with van der Waals surface area (Å²) in [6.45, 7) is 1.79. The first-order valence-corrected chi connectivity index (χ1v) is 9.84. The molecule has 7 heteroatoms. The lowest BCUT2D eigenvalue weighted by Crippen LogP contribution is -2.07. The number of halogens is 4. The van der Waals surface area contributed by atoms with Crippen LogP contribution in [0.15, 0.2) is 39.6 Å². The van der Waals surface area contributed by atoms with Gasteiger partial charge in [-0.15, -0.1) is 4.36 Å². The molecule has 0 saturated heterocycles. The molecule has 2 nitrogen and oxygen atoms in total. The van der Waals surface area contributed by atoms with Crippen LogP contribution in [0.4, 0.5) is 17.6 Å². The molecule has 0 N–H and O–H groups in total. The van der Waals surface area contributed by atoms with Crippen molar-refractivity contribution in [2.24, 2.45) is 4.36 Å². The molecule has 0 bridgehead atoms. The highest BCUT2D eigenvalue weighted by Crippen LogP contribution is 2.25. The Morgan fingerprint density at radius 1 is 1.00 bits per heavy atom. The Kier molecular flexibility index (Phi) is 6.43. The van der Waals surface area contributed by atoms with Crippen molar-refractivity contribution in [3.63, 3.8) is 0 Å². The topological polar surface area (TPSA) is 29.4 Å². The molecule has 0 fully saturated rings. The minimum Gasteiger partial charge on any atom is -0.244 e. The zero-order valence-corrected chi connectivity index (χ0v) is 15.1. The van der Waals surface area contributed by atoms with Gasteiger partial charge in [0.25, 0.3) is 0 Å². The third-order valence-electron chi connectivity index (χ3n) is 3.72. The molecule has 1 atom stereocenters. The van der Waals surface area contributed by atoms with E-state index >= 15 is 0 Å². The first-order valence-electron chi connectivity index (χ1n) is 7.91. The third-order valence-corrected chi connectivity index (χ3v) is 5.30. The van der Waals surface area contributed by atoms with E-state index in [1.165, 1.54) is 6.26 Å². The van der Waals surface area contributed by atoms with E-state index in [2.05, 4.69) is 4.36 Å². The normalized spacial score (nSPS) is 12.8. The SMILES string of the molecule is CCCCc1c(F)c(F)c(C#CN=S(C)(=O)c2ccccc2)c(F)c1F. The second-order valence-corrected chi connectivity index (χ2v) is 7.92. The summed E-state index contributed by atoms with van der Waals surface area (Å²) in [5, 5.41) is 0. The second-order valence-electron chi connectivity index (χ2n) is 5.66. The molecular weight excluding hydrogens is 366 g/mol. The number of hydrogen-bond donors (Lipinski definition) is 0. The molecule has 0 saturated carbocycles. The Morgan fingerprint density at radius 2 is 1.58 bits per heavy atom. The van der Waals surface area contributed by atoms with Gasteiger partial charge in [-0.05, 0) is 30.9 Å². The van der Waals surface area contributed by atoms with E-state index in [4.69, 9.17) is 0 Å². The Labute approximate surface area is 150 Å². The smallest absolute Gasteiger partial charge is 0.177 e. The zero-order valence-electron chi connectivity index (χ0n) is 14.3. The fourth-order valence-electron chi connectivity index (χ4n) is 2.25. The number of unbranched alkanes of at least 4 members (excludes halogenated alkanes) is 1. The fourth-order valence-corrected chi connectivity index (χ4v) is 3.24. The minimum atomic E-state index is -2.93. The standard InChI is InChI=1S/C19H17F4NOS/c1-3-4-10-14-16(20)18(22)15(19(23)17(14)21)11-12-24-26(2,25)13-8-6-5-7-9-13/h5-9H,3-4,10H2,1-2H3. The van der Waals surface area contributed by atoms with Crippen molar-refractivity contribution < 1.29 is 21.8 Å². The molecule has 1 unspecified atom stereocenters. The van der Waals surface area contributed by atoms with Crippen LogP contribution in [0.2, 0.25) is 0 Å². The highest BCUT2D eigenvalue weighted by Gasteiger charge is 2.24. The van der Waals surface area contributed by atoms with E-state index in [0.29, 0.717) is 17.7 Å². The largest absolute Gasteiger partial charge is 0.244 e. The van der Waals surface area contributed by atoms with Gasteiger partial charge in [0.2, 0.25) is 0 Å². The van der Waals surface area contributed by atoms with Gasteiger partial charge in [0.05, 0.1) is 15.8 Å². The van der Waals surface area contributed by atoms with Crippen molar-refractivity contribution in [2.45, 2.75) is 31.1 Å². The van der Waals surface area contributed by atoms with Gasteiger partial charge in [-0.1, -0.05) is 31.5 Å². The molecule has 2 aromatic rings. The van der Waals surface area contributed by atoms with Crippen LogP contribution in [0.25, 0.3) is 0 Å². The summed E-state index contributed by atoms with van der Waals surface area (Å²) < 4.78 is 72.3. The lowest BCUT2D eigenvalue weighted by atomic mass is 10.0. The minimum absolute atomic E-state index is 0.114. The number of rotatable bonds is 4. The molecule has 0 aliphatic carbocycles. The summed E-state index contributed by atoms with van der Waals surface area (Å²) in [5.41, 5.74) is -1.69. The van der Waals surface area contributed by atoms with Gasteiger partial charge in [0.15, 0.2) is 23.3 Å². The summed E-state index contributed by atoms with van der Waals surface area (Å²) >= 11 is 0. The van der Waals surface area contributed by atoms with Crippen LogP contribution in [-0.4, -0.2) is 10.5 Å². The molecular formula is C19H17F4NOS. The maximum Gasteiger partial charge on any atom is 0.177 e. The van der Waals surface area contributed by atoms with Crippen LogP contribution < -0.4 is 0 Å². The number of benzene rings is 2. The summed E-state index contributed by atoms with van der Waals surface area (Å²) in [5.74, 6) is -4.11. The predicted octanol–water partition coefficient (Wildman–Crippen LogP) is 5.05. The highest BCUT2D eigenvalue weighted by atomic mass is 32.2. The highest BCUT2D eigenvalue weighted by molar-refractivity contribution is 7.93. The van der Waals surface area contributed by atoms with E-state index in [0.717, 1.165) is 0 Å². The van der Waals surface area contributed by atoms with Gasteiger partial charge in [-0.2, -0.15) is 0 Å². The first kappa shape index (κ1) is 20.0. The van der Waals surface area contributed by atoms with Crippen molar-refractivity contribution in [3.8, 4) is 12.0 Å². The van der Waals surface area contributed by atoms with Crippen molar-refractivity contribution in [2.75, 3.05) is 6.26 Å². The number of hydrogen-bond acceptors (Lipinski definition) is 2. The molecule has 0 aliphatic heterocycles. The molecule has 2 rings (SSSR count). The molecule has 0 heterocycles. The maximum atomic E-state index is 14.1. The molecule has 26 heavy (non-hydrogen) atoms. The van der Waals surface area contributed by atoms with Crippen LogP contribution in [0, 0.1) is 35.2 Å². The Bertz CT molecular complexity index is 955. The van der Waals surface area contributed by atoms with E-state index < -0.39 is 44.1 Å².